The van der Waals surface area contributed by atoms with Crippen LogP contribution in [0.3, 0.4) is 0 Å². The molecule has 0 aromatic heterocycles. The standard InChI is InChI=1S/C23H26N2O5/c1-16-4-2-5-19(12-16)28-9-3-8-24-23(27)17-13-22(26)25(15-17)18-6-7-20-21(14-18)30-11-10-29-20/h2,4-7,12,14,17H,3,8-11,13,15H2,1H3,(H,24,27)/t17-/m0/s1. The number of aryl methyl sites for hydroxylation is 1. The van der Waals surface area contributed by atoms with Gasteiger partial charge in [-0.15, -0.1) is 0 Å². The molecule has 2 heterocycles. The number of benzene rings is 2. The van der Waals surface area contributed by atoms with Crippen LogP contribution in [0.25, 0.3) is 0 Å². The first-order valence-corrected chi connectivity index (χ1v) is 10.3. The molecular formula is C23H26N2O5. The van der Waals surface area contributed by atoms with Crippen LogP contribution in [0.5, 0.6) is 17.2 Å². The topological polar surface area (TPSA) is 77.1 Å². The van der Waals surface area contributed by atoms with Crippen LogP contribution in [0, 0.1) is 12.8 Å². The Hall–Kier alpha value is -3.22. The van der Waals surface area contributed by atoms with Crippen LogP contribution in [0.15, 0.2) is 42.5 Å². The van der Waals surface area contributed by atoms with Crippen LogP contribution < -0.4 is 24.4 Å². The van der Waals surface area contributed by atoms with Crippen molar-refractivity contribution in [2.45, 2.75) is 19.8 Å². The summed E-state index contributed by atoms with van der Waals surface area (Å²) < 4.78 is 16.8. The number of fused-ring (bicyclic) bond motifs is 1. The third-order valence-corrected chi connectivity index (χ3v) is 5.21. The van der Waals surface area contributed by atoms with E-state index in [1.807, 2.05) is 37.3 Å². The van der Waals surface area contributed by atoms with E-state index in [0.717, 1.165) is 17.0 Å². The molecule has 1 saturated heterocycles. The molecule has 158 valence electrons. The van der Waals surface area contributed by atoms with Gasteiger partial charge in [0.15, 0.2) is 11.5 Å². The molecule has 0 saturated carbocycles. The summed E-state index contributed by atoms with van der Waals surface area (Å²) in [6, 6.07) is 13.3. The molecule has 2 aliphatic rings. The van der Waals surface area contributed by atoms with E-state index in [1.165, 1.54) is 0 Å². The molecule has 1 atom stereocenters. The first-order valence-electron chi connectivity index (χ1n) is 10.3. The summed E-state index contributed by atoms with van der Waals surface area (Å²) in [6.07, 6.45) is 0.909. The van der Waals surface area contributed by atoms with Gasteiger partial charge in [-0.3, -0.25) is 9.59 Å². The van der Waals surface area contributed by atoms with E-state index in [-0.39, 0.29) is 24.2 Å². The number of hydrogen-bond acceptors (Lipinski definition) is 5. The van der Waals surface area contributed by atoms with Gasteiger partial charge >= 0.3 is 0 Å². The van der Waals surface area contributed by atoms with E-state index >= 15 is 0 Å². The Kier molecular flexibility index (Phi) is 6.07. The quantitative estimate of drug-likeness (QED) is 0.711. The molecule has 1 fully saturated rings. The minimum absolute atomic E-state index is 0.0605. The van der Waals surface area contributed by atoms with Crippen molar-refractivity contribution in [2.75, 3.05) is 37.8 Å². The number of carbonyl (C=O) groups is 2. The van der Waals surface area contributed by atoms with Gasteiger partial charge in [0, 0.05) is 31.3 Å². The van der Waals surface area contributed by atoms with E-state index in [9.17, 15) is 9.59 Å². The number of nitrogens with one attached hydrogen (secondary N) is 1. The van der Waals surface area contributed by atoms with E-state index in [4.69, 9.17) is 14.2 Å². The number of ether oxygens (including phenoxy) is 3. The number of anilines is 1. The van der Waals surface area contributed by atoms with E-state index in [2.05, 4.69) is 5.32 Å². The van der Waals surface area contributed by atoms with Crippen molar-refractivity contribution in [3.63, 3.8) is 0 Å². The molecule has 7 nitrogen and oxygen atoms in total. The molecule has 1 N–H and O–H groups in total. The number of rotatable bonds is 7. The van der Waals surface area contributed by atoms with Crippen molar-refractivity contribution < 1.29 is 23.8 Å². The highest BCUT2D eigenvalue weighted by Crippen LogP contribution is 2.35. The summed E-state index contributed by atoms with van der Waals surface area (Å²) in [7, 11) is 0. The lowest BCUT2D eigenvalue weighted by Gasteiger charge is -2.22. The summed E-state index contributed by atoms with van der Waals surface area (Å²) in [5, 5.41) is 2.92. The SMILES string of the molecule is Cc1cccc(OCCCNC(=O)[C@H]2CC(=O)N(c3ccc4c(c3)OCCO4)C2)c1. The molecule has 30 heavy (non-hydrogen) atoms. The lowest BCUT2D eigenvalue weighted by Crippen LogP contribution is -2.34. The summed E-state index contributed by atoms with van der Waals surface area (Å²) in [5.74, 6) is 1.63. The fourth-order valence-corrected chi connectivity index (χ4v) is 3.66. The van der Waals surface area contributed by atoms with Crippen LogP contribution in [0.1, 0.15) is 18.4 Å². The maximum atomic E-state index is 12.5. The maximum Gasteiger partial charge on any atom is 0.227 e. The highest BCUT2D eigenvalue weighted by atomic mass is 16.6. The lowest BCUT2D eigenvalue weighted by atomic mass is 10.1. The van der Waals surface area contributed by atoms with E-state index in [1.54, 1.807) is 17.0 Å². The second-order valence-electron chi connectivity index (χ2n) is 7.54. The van der Waals surface area contributed by atoms with Crippen molar-refractivity contribution in [3.05, 3.63) is 48.0 Å². The summed E-state index contributed by atoms with van der Waals surface area (Å²) in [5.41, 5.74) is 1.88. The number of amides is 2. The van der Waals surface area contributed by atoms with Gasteiger partial charge in [-0.1, -0.05) is 12.1 Å². The largest absolute Gasteiger partial charge is 0.494 e. The molecule has 2 amide bonds. The monoisotopic (exact) mass is 410 g/mol. The van der Waals surface area contributed by atoms with Crippen molar-refractivity contribution in [1.29, 1.82) is 0 Å². The fraction of sp³-hybridized carbons (Fsp3) is 0.391. The lowest BCUT2D eigenvalue weighted by molar-refractivity contribution is -0.126. The normalized spacial score (nSPS) is 17.7. The fourth-order valence-electron chi connectivity index (χ4n) is 3.66. The molecule has 2 aromatic rings. The minimum atomic E-state index is -0.358. The van der Waals surface area contributed by atoms with Gasteiger partial charge in [0.25, 0.3) is 0 Å². The van der Waals surface area contributed by atoms with Gasteiger partial charge in [0.1, 0.15) is 19.0 Å². The molecule has 2 aromatic carbocycles. The van der Waals surface area contributed by atoms with Crippen molar-refractivity contribution in [2.24, 2.45) is 5.92 Å². The average Bonchev–Trinajstić information content (AvgIpc) is 3.15. The number of carbonyl (C=O) groups excluding carboxylic acids is 2. The molecule has 0 unspecified atom stereocenters. The summed E-state index contributed by atoms with van der Waals surface area (Å²) >= 11 is 0. The third kappa shape index (κ3) is 4.67. The molecule has 0 aliphatic carbocycles. The van der Waals surface area contributed by atoms with E-state index in [0.29, 0.717) is 50.8 Å². The molecule has 0 spiro atoms. The predicted molar refractivity (Wildman–Crippen MR) is 112 cm³/mol. The maximum absolute atomic E-state index is 12.5. The van der Waals surface area contributed by atoms with Crippen molar-refractivity contribution in [1.82, 2.24) is 5.32 Å². The molecule has 0 radical (unpaired) electrons. The Morgan fingerprint density at radius 3 is 2.83 bits per heavy atom. The van der Waals surface area contributed by atoms with Gasteiger partial charge < -0.3 is 24.4 Å². The van der Waals surface area contributed by atoms with Crippen LogP contribution >= 0.6 is 0 Å². The van der Waals surface area contributed by atoms with Crippen molar-refractivity contribution in [3.8, 4) is 17.2 Å². The van der Waals surface area contributed by atoms with Gasteiger partial charge in [-0.2, -0.15) is 0 Å². The third-order valence-electron chi connectivity index (χ3n) is 5.21. The Labute approximate surface area is 175 Å². The van der Waals surface area contributed by atoms with Crippen LogP contribution in [0.4, 0.5) is 5.69 Å². The van der Waals surface area contributed by atoms with Gasteiger partial charge in [-0.25, -0.2) is 0 Å². The first-order chi connectivity index (χ1) is 14.6. The second-order valence-corrected chi connectivity index (χ2v) is 7.54. The first kappa shape index (κ1) is 20.1. The average molecular weight is 410 g/mol. The van der Waals surface area contributed by atoms with Gasteiger partial charge in [0.2, 0.25) is 11.8 Å². The highest BCUT2D eigenvalue weighted by Gasteiger charge is 2.35. The second kappa shape index (κ2) is 9.07. The Balaban J connectivity index is 1.24. The summed E-state index contributed by atoms with van der Waals surface area (Å²) in [4.78, 5) is 26.6. The molecule has 0 bridgehead atoms. The van der Waals surface area contributed by atoms with Crippen LogP contribution in [-0.2, 0) is 9.59 Å². The minimum Gasteiger partial charge on any atom is -0.494 e. The number of nitrogens with zero attached hydrogens (tertiary/aromatic N) is 1. The Morgan fingerprint density at radius 1 is 1.17 bits per heavy atom. The van der Waals surface area contributed by atoms with Crippen molar-refractivity contribution >= 4 is 17.5 Å². The molecule has 2 aliphatic heterocycles. The number of hydrogen-bond donors (Lipinski definition) is 1. The predicted octanol–water partition coefficient (Wildman–Crippen LogP) is 2.70. The van der Waals surface area contributed by atoms with E-state index < -0.39 is 0 Å². The molecule has 4 rings (SSSR count). The van der Waals surface area contributed by atoms with Gasteiger partial charge in [0.05, 0.1) is 12.5 Å². The Bertz CT molecular complexity index is 930. The zero-order valence-electron chi connectivity index (χ0n) is 17.1. The van der Waals surface area contributed by atoms with Crippen LogP contribution in [0.2, 0.25) is 0 Å². The zero-order valence-corrected chi connectivity index (χ0v) is 17.1. The summed E-state index contributed by atoms with van der Waals surface area (Å²) in [6.45, 7) is 4.43. The molecule has 7 heteroatoms. The molecular weight excluding hydrogens is 384 g/mol. The zero-order chi connectivity index (χ0) is 20.9. The van der Waals surface area contributed by atoms with Gasteiger partial charge in [-0.05, 0) is 43.2 Å². The van der Waals surface area contributed by atoms with Crippen LogP contribution in [-0.4, -0.2) is 44.7 Å². The highest BCUT2D eigenvalue weighted by molar-refractivity contribution is 6.00. The smallest absolute Gasteiger partial charge is 0.227 e. The Morgan fingerprint density at radius 2 is 2.00 bits per heavy atom.